The Labute approximate surface area is 130 Å². The Kier molecular flexibility index (Phi) is 4.15. The van der Waals surface area contributed by atoms with Crippen LogP contribution in [0.3, 0.4) is 0 Å². The largest absolute Gasteiger partial charge is 0.394 e. The van der Waals surface area contributed by atoms with Gasteiger partial charge >= 0.3 is 0 Å². The van der Waals surface area contributed by atoms with Crippen molar-refractivity contribution in [3.05, 3.63) is 35.4 Å². The summed E-state index contributed by atoms with van der Waals surface area (Å²) < 4.78 is 5.11. The predicted octanol–water partition coefficient (Wildman–Crippen LogP) is -1.99. The Balaban J connectivity index is 1.80. The minimum absolute atomic E-state index is 0.141. The average molecular weight is 325 g/mol. The van der Waals surface area contributed by atoms with E-state index in [2.05, 4.69) is 0 Å². The number of hydroxylamine groups is 2. The first-order valence-corrected chi connectivity index (χ1v) is 6.90. The SMILES string of the molecule is O=C1c2ccccc2C(=O)N1OC1O[C@H](CO)[C@@H](O)[C@H](O)[C@H]1O. The molecule has 0 saturated carbocycles. The Morgan fingerprint density at radius 2 is 1.57 bits per heavy atom. The molecule has 1 unspecified atom stereocenters. The molecule has 0 radical (unpaired) electrons. The van der Waals surface area contributed by atoms with Crippen LogP contribution in [0.1, 0.15) is 20.7 Å². The van der Waals surface area contributed by atoms with Crippen molar-refractivity contribution in [3.63, 3.8) is 0 Å². The molecule has 9 heteroatoms. The number of fused-ring (bicyclic) bond motifs is 1. The molecule has 2 amide bonds. The highest BCUT2D eigenvalue weighted by atomic mass is 16.8. The Morgan fingerprint density at radius 3 is 2.09 bits per heavy atom. The van der Waals surface area contributed by atoms with Crippen molar-refractivity contribution in [3.8, 4) is 0 Å². The molecule has 1 fully saturated rings. The number of nitrogens with zero attached hydrogens (tertiary/aromatic N) is 1. The number of hydrogen-bond acceptors (Lipinski definition) is 8. The highest BCUT2D eigenvalue weighted by Gasteiger charge is 2.47. The van der Waals surface area contributed by atoms with Gasteiger partial charge in [0.2, 0.25) is 6.29 Å². The Bertz CT molecular complexity index is 598. The van der Waals surface area contributed by atoms with Gasteiger partial charge in [0.1, 0.15) is 24.4 Å². The van der Waals surface area contributed by atoms with E-state index in [1.807, 2.05) is 0 Å². The number of aliphatic hydroxyl groups is 4. The van der Waals surface area contributed by atoms with Crippen molar-refractivity contribution in [2.45, 2.75) is 30.7 Å². The Morgan fingerprint density at radius 1 is 1.00 bits per heavy atom. The summed E-state index contributed by atoms with van der Waals surface area (Å²) in [6.45, 7) is -0.646. The fraction of sp³-hybridized carbons (Fsp3) is 0.429. The van der Waals surface area contributed by atoms with Crippen molar-refractivity contribution in [2.24, 2.45) is 0 Å². The van der Waals surface area contributed by atoms with Gasteiger partial charge < -0.3 is 25.2 Å². The third-order valence-electron chi connectivity index (χ3n) is 3.81. The van der Waals surface area contributed by atoms with E-state index in [1.54, 1.807) is 12.1 Å². The summed E-state index contributed by atoms with van der Waals surface area (Å²) in [7, 11) is 0. The number of hydrogen-bond donors (Lipinski definition) is 4. The van der Waals surface area contributed by atoms with Crippen molar-refractivity contribution in [2.75, 3.05) is 6.61 Å². The van der Waals surface area contributed by atoms with E-state index in [4.69, 9.17) is 14.7 Å². The van der Waals surface area contributed by atoms with Crippen LogP contribution in [0.15, 0.2) is 24.3 Å². The molecule has 1 saturated heterocycles. The Hall–Kier alpha value is -1.88. The maximum atomic E-state index is 12.2. The first-order chi connectivity index (χ1) is 11.0. The number of amides is 2. The van der Waals surface area contributed by atoms with Gasteiger partial charge in [-0.25, -0.2) is 4.84 Å². The lowest BCUT2D eigenvalue weighted by atomic mass is 9.99. The van der Waals surface area contributed by atoms with Crippen LogP contribution in [0.4, 0.5) is 0 Å². The number of carbonyl (C=O) groups excluding carboxylic acids is 2. The van der Waals surface area contributed by atoms with Gasteiger partial charge in [-0.3, -0.25) is 9.59 Å². The van der Waals surface area contributed by atoms with Gasteiger partial charge in [-0.1, -0.05) is 12.1 Å². The summed E-state index contributed by atoms with van der Waals surface area (Å²) in [6.07, 6.45) is -7.74. The molecular formula is C14H15NO8. The molecule has 0 aromatic heterocycles. The van der Waals surface area contributed by atoms with Crippen LogP contribution in [-0.2, 0) is 9.57 Å². The third kappa shape index (κ3) is 2.53. The lowest BCUT2D eigenvalue weighted by molar-refractivity contribution is -0.338. The second-order valence-corrected chi connectivity index (χ2v) is 5.25. The molecule has 5 atom stereocenters. The lowest BCUT2D eigenvalue weighted by Gasteiger charge is -2.39. The molecule has 23 heavy (non-hydrogen) atoms. The standard InChI is InChI=1S/C14H15NO8/c16-5-8-9(17)10(18)11(19)14(22-8)23-15-12(20)6-3-1-2-4-7(6)13(15)21/h1-4,8-11,14,16-19H,5H2/t8-,9-,10+,11-,14?/m1/s1. The molecule has 2 heterocycles. The van der Waals surface area contributed by atoms with Crippen molar-refractivity contribution in [1.29, 1.82) is 0 Å². The summed E-state index contributed by atoms with van der Waals surface area (Å²) in [6, 6.07) is 6.07. The zero-order valence-corrected chi connectivity index (χ0v) is 11.8. The zero-order valence-electron chi connectivity index (χ0n) is 11.8. The topological polar surface area (TPSA) is 137 Å². The van der Waals surface area contributed by atoms with Crippen molar-refractivity contribution in [1.82, 2.24) is 5.06 Å². The first kappa shape index (κ1) is 16.0. The predicted molar refractivity (Wildman–Crippen MR) is 71.8 cm³/mol. The van der Waals surface area contributed by atoms with Crippen LogP contribution in [0.25, 0.3) is 0 Å². The van der Waals surface area contributed by atoms with Crippen molar-refractivity contribution < 1.29 is 39.6 Å². The fourth-order valence-corrected chi connectivity index (χ4v) is 2.52. The number of imide groups is 1. The summed E-state index contributed by atoms with van der Waals surface area (Å²) >= 11 is 0. The molecule has 2 aliphatic heterocycles. The molecule has 0 bridgehead atoms. The maximum Gasteiger partial charge on any atom is 0.285 e. The van der Waals surface area contributed by atoms with Crippen LogP contribution in [0.2, 0.25) is 0 Å². The second kappa shape index (κ2) is 5.96. The van der Waals surface area contributed by atoms with Crippen LogP contribution in [0, 0.1) is 0 Å². The molecule has 124 valence electrons. The van der Waals surface area contributed by atoms with Crippen LogP contribution >= 0.6 is 0 Å². The number of benzene rings is 1. The van der Waals surface area contributed by atoms with E-state index in [-0.39, 0.29) is 11.1 Å². The number of rotatable bonds is 3. The van der Waals surface area contributed by atoms with Gasteiger partial charge in [0.25, 0.3) is 11.8 Å². The van der Waals surface area contributed by atoms with E-state index >= 15 is 0 Å². The zero-order chi connectivity index (χ0) is 16.7. The number of carbonyl (C=O) groups is 2. The van der Waals surface area contributed by atoms with Crippen LogP contribution in [0.5, 0.6) is 0 Å². The number of ether oxygens (including phenoxy) is 1. The molecule has 1 aromatic rings. The van der Waals surface area contributed by atoms with Gasteiger partial charge in [0.15, 0.2) is 0 Å². The summed E-state index contributed by atoms with van der Waals surface area (Å²) in [4.78, 5) is 29.4. The molecule has 3 rings (SSSR count). The quantitative estimate of drug-likeness (QED) is 0.469. The summed E-state index contributed by atoms with van der Waals surface area (Å²) in [5.41, 5.74) is 0.282. The highest BCUT2D eigenvalue weighted by Crippen LogP contribution is 2.27. The van der Waals surface area contributed by atoms with E-state index in [1.165, 1.54) is 12.1 Å². The van der Waals surface area contributed by atoms with E-state index < -0.39 is 49.1 Å². The first-order valence-electron chi connectivity index (χ1n) is 6.90. The minimum atomic E-state index is -1.71. The monoisotopic (exact) mass is 325 g/mol. The molecule has 0 aliphatic carbocycles. The average Bonchev–Trinajstić information content (AvgIpc) is 2.80. The van der Waals surface area contributed by atoms with Crippen LogP contribution < -0.4 is 0 Å². The molecule has 9 nitrogen and oxygen atoms in total. The molecule has 0 spiro atoms. The lowest BCUT2D eigenvalue weighted by Crippen LogP contribution is -2.60. The fourth-order valence-electron chi connectivity index (χ4n) is 2.52. The van der Waals surface area contributed by atoms with Gasteiger partial charge in [-0.05, 0) is 12.1 Å². The molecule has 1 aromatic carbocycles. The normalized spacial score (nSPS) is 33.9. The van der Waals surface area contributed by atoms with Gasteiger partial charge in [-0.15, -0.1) is 5.06 Å². The molecule has 4 N–H and O–H groups in total. The second-order valence-electron chi connectivity index (χ2n) is 5.25. The smallest absolute Gasteiger partial charge is 0.285 e. The van der Waals surface area contributed by atoms with Gasteiger partial charge in [0, 0.05) is 0 Å². The maximum absolute atomic E-state index is 12.2. The van der Waals surface area contributed by atoms with Crippen LogP contribution in [-0.4, -0.2) is 74.6 Å². The summed E-state index contributed by atoms with van der Waals surface area (Å²) in [5.74, 6) is -1.47. The molecule has 2 aliphatic rings. The molecular weight excluding hydrogens is 310 g/mol. The highest BCUT2D eigenvalue weighted by molar-refractivity contribution is 6.20. The van der Waals surface area contributed by atoms with E-state index in [0.29, 0.717) is 5.06 Å². The van der Waals surface area contributed by atoms with Gasteiger partial charge in [-0.2, -0.15) is 0 Å². The number of aliphatic hydroxyl groups excluding tert-OH is 4. The van der Waals surface area contributed by atoms with E-state index in [9.17, 15) is 24.9 Å². The van der Waals surface area contributed by atoms with Crippen molar-refractivity contribution >= 4 is 11.8 Å². The van der Waals surface area contributed by atoms with E-state index in [0.717, 1.165) is 0 Å². The third-order valence-corrected chi connectivity index (χ3v) is 3.81. The summed E-state index contributed by atoms with van der Waals surface area (Å²) in [5, 5.41) is 38.8. The van der Waals surface area contributed by atoms with Gasteiger partial charge in [0.05, 0.1) is 17.7 Å². The minimum Gasteiger partial charge on any atom is -0.394 e.